The third-order valence-electron chi connectivity index (χ3n) is 2.38. The molecule has 0 saturated carbocycles. The molecule has 19 heavy (non-hydrogen) atoms. The van der Waals surface area contributed by atoms with Gasteiger partial charge in [0.1, 0.15) is 6.54 Å². The number of aromatic nitrogens is 1. The Kier molecular flexibility index (Phi) is 3.55. The summed E-state index contributed by atoms with van der Waals surface area (Å²) in [6, 6.07) is 5.86. The quantitative estimate of drug-likeness (QED) is 0.880. The molecule has 1 heterocycles. The van der Waals surface area contributed by atoms with Crippen LogP contribution in [0, 0.1) is 0 Å². The van der Waals surface area contributed by atoms with Crippen molar-refractivity contribution < 1.29 is 18.0 Å². The Morgan fingerprint density at radius 3 is 2.79 bits per heavy atom. The Balaban J connectivity index is 2.11. The van der Waals surface area contributed by atoms with Crippen LogP contribution in [0.4, 0.5) is 23.7 Å². The van der Waals surface area contributed by atoms with Gasteiger partial charge in [0.05, 0.1) is 5.69 Å². The van der Waals surface area contributed by atoms with Gasteiger partial charge in [0.2, 0.25) is 0 Å². The van der Waals surface area contributed by atoms with Crippen molar-refractivity contribution in [2.75, 3.05) is 11.9 Å². The Bertz CT molecular complexity index is 593. The second kappa shape index (κ2) is 5.13. The van der Waals surface area contributed by atoms with E-state index >= 15 is 0 Å². The number of nitrogens with one attached hydrogen (secondary N) is 2. The number of amides is 2. The predicted octanol–water partition coefficient (Wildman–Crippen LogP) is 2.92. The molecule has 2 N–H and O–H groups in total. The van der Waals surface area contributed by atoms with Gasteiger partial charge in [0.25, 0.3) is 0 Å². The Hall–Kier alpha value is -2.31. The van der Waals surface area contributed by atoms with Crippen molar-refractivity contribution in [1.82, 2.24) is 10.3 Å². The minimum absolute atomic E-state index is 0.430. The molecule has 1 aromatic carbocycles. The molecule has 0 radical (unpaired) electrons. The number of carbonyl (C=O) groups is 1. The number of benzene rings is 1. The average molecular weight is 269 g/mol. The second-order valence-electron chi connectivity index (χ2n) is 3.83. The fourth-order valence-electron chi connectivity index (χ4n) is 1.58. The normalized spacial score (nSPS) is 11.3. The molecule has 0 saturated heterocycles. The van der Waals surface area contributed by atoms with Crippen molar-refractivity contribution in [2.45, 2.75) is 6.18 Å². The van der Waals surface area contributed by atoms with E-state index in [9.17, 15) is 18.0 Å². The zero-order chi connectivity index (χ0) is 13.9. The van der Waals surface area contributed by atoms with E-state index in [2.05, 4.69) is 10.3 Å². The lowest BCUT2D eigenvalue weighted by Crippen LogP contribution is -2.36. The summed E-state index contributed by atoms with van der Waals surface area (Å²) in [6.07, 6.45) is -1.28. The van der Waals surface area contributed by atoms with Crippen molar-refractivity contribution in [3.63, 3.8) is 0 Å². The van der Waals surface area contributed by atoms with Crippen LogP contribution in [0.5, 0.6) is 0 Å². The SMILES string of the molecule is O=C(NCC(F)(F)F)Nc1cccc2cnccc12. The first-order chi connectivity index (χ1) is 8.96. The number of nitrogens with zero attached hydrogens (tertiary/aromatic N) is 1. The van der Waals surface area contributed by atoms with Crippen LogP contribution in [-0.2, 0) is 0 Å². The first-order valence-electron chi connectivity index (χ1n) is 5.40. The zero-order valence-corrected chi connectivity index (χ0v) is 9.66. The first-order valence-corrected chi connectivity index (χ1v) is 5.40. The van der Waals surface area contributed by atoms with Gasteiger partial charge in [-0.2, -0.15) is 13.2 Å². The maximum Gasteiger partial charge on any atom is 0.405 e. The van der Waals surface area contributed by atoms with Crippen LogP contribution in [0.1, 0.15) is 0 Å². The third kappa shape index (κ3) is 3.57. The molecule has 2 amide bonds. The summed E-state index contributed by atoms with van der Waals surface area (Å²) in [5.41, 5.74) is 0.430. The summed E-state index contributed by atoms with van der Waals surface area (Å²) in [6.45, 7) is -1.37. The van der Waals surface area contributed by atoms with Crippen molar-refractivity contribution in [1.29, 1.82) is 0 Å². The number of fused-ring (bicyclic) bond motifs is 1. The van der Waals surface area contributed by atoms with Crippen molar-refractivity contribution in [3.05, 3.63) is 36.7 Å². The van der Waals surface area contributed by atoms with E-state index < -0.39 is 18.8 Å². The lowest BCUT2D eigenvalue weighted by Gasteiger charge is -2.11. The number of urea groups is 1. The molecule has 0 aliphatic rings. The largest absolute Gasteiger partial charge is 0.405 e. The fourth-order valence-corrected chi connectivity index (χ4v) is 1.58. The lowest BCUT2D eigenvalue weighted by molar-refractivity contribution is -0.122. The van der Waals surface area contributed by atoms with Gasteiger partial charge in [0, 0.05) is 23.2 Å². The summed E-state index contributed by atoms with van der Waals surface area (Å²) in [5, 5.41) is 5.62. The van der Waals surface area contributed by atoms with E-state index in [0.29, 0.717) is 11.1 Å². The number of pyridine rings is 1. The standard InChI is InChI=1S/C12H10F3N3O/c13-12(14,15)7-17-11(19)18-10-3-1-2-8-6-16-5-4-9(8)10/h1-6H,7H2,(H2,17,18,19). The second-order valence-corrected chi connectivity index (χ2v) is 3.83. The van der Waals surface area contributed by atoms with Gasteiger partial charge in [-0.25, -0.2) is 4.79 Å². The molecular formula is C12H10F3N3O. The number of carbonyl (C=O) groups excluding carboxylic acids is 1. The molecule has 100 valence electrons. The highest BCUT2D eigenvalue weighted by Crippen LogP contribution is 2.22. The molecule has 2 rings (SSSR count). The minimum Gasteiger partial charge on any atom is -0.329 e. The highest BCUT2D eigenvalue weighted by atomic mass is 19.4. The predicted molar refractivity (Wildman–Crippen MR) is 64.8 cm³/mol. The monoisotopic (exact) mass is 269 g/mol. The molecule has 0 unspecified atom stereocenters. The molecule has 7 heteroatoms. The molecule has 0 aliphatic heterocycles. The highest BCUT2D eigenvalue weighted by Gasteiger charge is 2.27. The van der Waals surface area contributed by atoms with Crippen LogP contribution in [0.3, 0.4) is 0 Å². The van der Waals surface area contributed by atoms with E-state index in [1.165, 1.54) is 0 Å². The van der Waals surface area contributed by atoms with Crippen molar-refractivity contribution >= 4 is 22.5 Å². The van der Waals surface area contributed by atoms with Crippen molar-refractivity contribution in [2.24, 2.45) is 0 Å². The van der Waals surface area contributed by atoms with Crippen LogP contribution in [-0.4, -0.2) is 23.7 Å². The summed E-state index contributed by atoms with van der Waals surface area (Å²) in [5.74, 6) is 0. The fraction of sp³-hybridized carbons (Fsp3) is 0.167. The van der Waals surface area contributed by atoms with Crippen LogP contribution in [0.15, 0.2) is 36.7 Å². The van der Waals surface area contributed by atoms with Crippen LogP contribution < -0.4 is 10.6 Å². The lowest BCUT2D eigenvalue weighted by atomic mass is 10.1. The molecule has 0 bridgehead atoms. The number of hydrogen-bond donors (Lipinski definition) is 2. The number of rotatable bonds is 2. The van der Waals surface area contributed by atoms with Gasteiger partial charge in [-0.15, -0.1) is 0 Å². The first kappa shape index (κ1) is 13.1. The van der Waals surface area contributed by atoms with E-state index in [0.717, 1.165) is 5.39 Å². The molecule has 0 aliphatic carbocycles. The summed E-state index contributed by atoms with van der Waals surface area (Å²) < 4.78 is 35.9. The number of alkyl halides is 3. The summed E-state index contributed by atoms with van der Waals surface area (Å²) >= 11 is 0. The number of hydrogen-bond acceptors (Lipinski definition) is 2. The molecule has 0 spiro atoms. The molecule has 4 nitrogen and oxygen atoms in total. The topological polar surface area (TPSA) is 54.0 Å². The maximum atomic E-state index is 12.0. The highest BCUT2D eigenvalue weighted by molar-refractivity contribution is 6.01. The molecule has 0 atom stereocenters. The minimum atomic E-state index is -4.43. The van der Waals surface area contributed by atoms with Gasteiger partial charge in [-0.3, -0.25) is 4.98 Å². The summed E-state index contributed by atoms with van der Waals surface area (Å²) in [7, 11) is 0. The Morgan fingerprint density at radius 2 is 2.05 bits per heavy atom. The number of anilines is 1. The Morgan fingerprint density at radius 1 is 1.26 bits per heavy atom. The summed E-state index contributed by atoms with van der Waals surface area (Å²) in [4.78, 5) is 15.3. The van der Waals surface area contributed by atoms with E-state index in [4.69, 9.17) is 0 Å². The smallest absolute Gasteiger partial charge is 0.329 e. The van der Waals surface area contributed by atoms with Crippen LogP contribution >= 0.6 is 0 Å². The molecule has 0 fully saturated rings. The molecule has 1 aromatic heterocycles. The van der Waals surface area contributed by atoms with Crippen LogP contribution in [0.25, 0.3) is 10.8 Å². The van der Waals surface area contributed by atoms with Gasteiger partial charge < -0.3 is 10.6 Å². The van der Waals surface area contributed by atoms with E-state index in [1.54, 1.807) is 42.0 Å². The Labute approximate surface area is 106 Å². The zero-order valence-electron chi connectivity index (χ0n) is 9.66. The average Bonchev–Trinajstić information content (AvgIpc) is 2.36. The van der Waals surface area contributed by atoms with Gasteiger partial charge >= 0.3 is 12.2 Å². The number of halogens is 3. The van der Waals surface area contributed by atoms with Crippen molar-refractivity contribution in [3.8, 4) is 0 Å². The van der Waals surface area contributed by atoms with Crippen LogP contribution in [0.2, 0.25) is 0 Å². The molecule has 2 aromatic rings. The van der Waals surface area contributed by atoms with Gasteiger partial charge in [-0.1, -0.05) is 12.1 Å². The van der Waals surface area contributed by atoms with E-state index in [1.807, 2.05) is 0 Å². The van der Waals surface area contributed by atoms with Gasteiger partial charge in [-0.05, 0) is 12.1 Å². The molecular weight excluding hydrogens is 259 g/mol. The van der Waals surface area contributed by atoms with E-state index in [-0.39, 0.29) is 0 Å². The van der Waals surface area contributed by atoms with Gasteiger partial charge in [0.15, 0.2) is 0 Å². The third-order valence-corrected chi connectivity index (χ3v) is 2.38. The maximum absolute atomic E-state index is 12.0.